The van der Waals surface area contributed by atoms with Gasteiger partial charge >= 0.3 is 0 Å². The van der Waals surface area contributed by atoms with E-state index in [1.165, 1.54) is 0 Å². The van der Waals surface area contributed by atoms with Gasteiger partial charge in [-0.3, -0.25) is 0 Å². The molecule has 78 valence electrons. The van der Waals surface area contributed by atoms with E-state index in [1.54, 1.807) is 0 Å². The molecule has 1 fully saturated rings. The molecule has 1 saturated carbocycles. The van der Waals surface area contributed by atoms with E-state index in [9.17, 15) is 0 Å². The zero-order chi connectivity index (χ0) is 10.3. The summed E-state index contributed by atoms with van der Waals surface area (Å²) in [6, 6.07) is -0.0886. The lowest BCUT2D eigenvalue weighted by Crippen LogP contribution is -2.10. The summed E-state index contributed by atoms with van der Waals surface area (Å²) in [5.41, 5.74) is 6.14. The minimum absolute atomic E-state index is 0.0886. The molecule has 0 radical (unpaired) electrons. The average Bonchev–Trinajstić information content (AvgIpc) is 2.64. The molecule has 0 spiro atoms. The van der Waals surface area contributed by atoms with Crippen molar-refractivity contribution in [3.63, 3.8) is 0 Å². The van der Waals surface area contributed by atoms with Gasteiger partial charge in [0.25, 0.3) is 0 Å². The third-order valence-electron chi connectivity index (χ3n) is 3.04. The van der Waals surface area contributed by atoms with E-state index in [1.807, 2.05) is 6.92 Å². The Morgan fingerprint density at radius 3 is 2.79 bits per heavy atom. The van der Waals surface area contributed by atoms with Gasteiger partial charge in [-0.2, -0.15) is 4.98 Å². The Bertz CT molecular complexity index is 332. The van der Waals surface area contributed by atoms with Crippen LogP contribution in [0.5, 0.6) is 0 Å². The number of nitrogens with zero attached hydrogens (tertiary/aromatic N) is 2. The van der Waals surface area contributed by atoms with Gasteiger partial charge in [0, 0.05) is 5.92 Å². The van der Waals surface area contributed by atoms with Crippen LogP contribution in [0.4, 0.5) is 0 Å². The summed E-state index contributed by atoms with van der Waals surface area (Å²) in [6.45, 7) is 6.43. The summed E-state index contributed by atoms with van der Waals surface area (Å²) in [5.74, 6) is 1.84. The standard InChI is InChI=1S/C10H17N3O/c1-4-7(11)8-12-9(14-13-8)6-5-10(6,2)3/h6-7H,4-5,11H2,1-3H3. The molecule has 2 atom stereocenters. The van der Waals surface area contributed by atoms with Crippen molar-refractivity contribution in [2.24, 2.45) is 11.1 Å². The van der Waals surface area contributed by atoms with Gasteiger partial charge in [0.1, 0.15) is 0 Å². The van der Waals surface area contributed by atoms with Crippen molar-refractivity contribution in [2.75, 3.05) is 0 Å². The van der Waals surface area contributed by atoms with Gasteiger partial charge in [0.05, 0.1) is 6.04 Å². The molecule has 14 heavy (non-hydrogen) atoms. The van der Waals surface area contributed by atoms with Gasteiger partial charge in [-0.25, -0.2) is 0 Å². The van der Waals surface area contributed by atoms with Gasteiger partial charge in [0.15, 0.2) is 5.82 Å². The van der Waals surface area contributed by atoms with E-state index in [0.717, 1.165) is 18.7 Å². The normalized spacial score (nSPS) is 26.1. The Morgan fingerprint density at radius 2 is 2.29 bits per heavy atom. The fourth-order valence-corrected chi connectivity index (χ4v) is 1.61. The second kappa shape index (κ2) is 3.05. The van der Waals surface area contributed by atoms with Crippen molar-refractivity contribution < 1.29 is 4.52 Å². The summed E-state index contributed by atoms with van der Waals surface area (Å²) >= 11 is 0. The molecule has 1 aromatic rings. The van der Waals surface area contributed by atoms with Gasteiger partial charge in [-0.1, -0.05) is 25.9 Å². The molecule has 4 heteroatoms. The Hall–Kier alpha value is -0.900. The van der Waals surface area contributed by atoms with Crippen LogP contribution in [0.25, 0.3) is 0 Å². The Kier molecular flexibility index (Phi) is 2.10. The molecular weight excluding hydrogens is 178 g/mol. The van der Waals surface area contributed by atoms with Crippen LogP contribution in [-0.2, 0) is 0 Å². The molecule has 1 heterocycles. The van der Waals surface area contributed by atoms with E-state index >= 15 is 0 Å². The van der Waals surface area contributed by atoms with Crippen molar-refractivity contribution in [2.45, 2.75) is 45.6 Å². The van der Waals surface area contributed by atoms with Crippen molar-refractivity contribution >= 4 is 0 Å². The predicted molar refractivity (Wildman–Crippen MR) is 52.7 cm³/mol. The van der Waals surface area contributed by atoms with Gasteiger partial charge in [-0.05, 0) is 18.3 Å². The maximum absolute atomic E-state index is 5.81. The molecule has 1 aliphatic rings. The molecule has 0 bridgehead atoms. The van der Waals surface area contributed by atoms with E-state index in [2.05, 4.69) is 24.0 Å². The SMILES string of the molecule is CCC(N)c1noc(C2CC2(C)C)n1. The number of hydrogen-bond donors (Lipinski definition) is 1. The van der Waals surface area contributed by atoms with E-state index in [4.69, 9.17) is 10.3 Å². The maximum Gasteiger partial charge on any atom is 0.230 e. The molecule has 0 aromatic carbocycles. The summed E-state index contributed by atoms with van der Waals surface area (Å²) in [6.07, 6.45) is 1.98. The van der Waals surface area contributed by atoms with Crippen LogP contribution in [-0.4, -0.2) is 10.1 Å². The highest BCUT2D eigenvalue weighted by atomic mass is 16.5. The lowest BCUT2D eigenvalue weighted by molar-refractivity contribution is 0.360. The topological polar surface area (TPSA) is 64.9 Å². The first kappa shape index (κ1) is 9.65. The Balaban J connectivity index is 2.11. The first-order chi connectivity index (χ1) is 6.54. The van der Waals surface area contributed by atoms with Crippen molar-refractivity contribution in [3.05, 3.63) is 11.7 Å². The summed E-state index contributed by atoms with van der Waals surface area (Å²) in [4.78, 5) is 4.34. The quantitative estimate of drug-likeness (QED) is 0.801. The van der Waals surface area contributed by atoms with Gasteiger partial charge in [0.2, 0.25) is 5.89 Å². The average molecular weight is 195 g/mol. The highest BCUT2D eigenvalue weighted by molar-refractivity contribution is 5.13. The molecule has 0 aliphatic heterocycles. The molecule has 4 nitrogen and oxygen atoms in total. The second-order valence-electron chi connectivity index (χ2n) is 4.75. The van der Waals surface area contributed by atoms with Crippen molar-refractivity contribution in [3.8, 4) is 0 Å². The molecule has 1 aliphatic carbocycles. The van der Waals surface area contributed by atoms with Gasteiger partial charge in [-0.15, -0.1) is 0 Å². The lowest BCUT2D eigenvalue weighted by Gasteiger charge is -1.99. The number of nitrogens with two attached hydrogens (primary N) is 1. The fourth-order valence-electron chi connectivity index (χ4n) is 1.61. The van der Waals surface area contributed by atoms with E-state index in [0.29, 0.717) is 17.2 Å². The maximum atomic E-state index is 5.81. The Labute approximate surface area is 83.9 Å². The zero-order valence-electron chi connectivity index (χ0n) is 8.95. The minimum atomic E-state index is -0.0886. The monoisotopic (exact) mass is 195 g/mol. The summed E-state index contributed by atoms with van der Waals surface area (Å²) < 4.78 is 5.21. The largest absolute Gasteiger partial charge is 0.339 e. The molecular formula is C10H17N3O. The third kappa shape index (κ3) is 1.54. The van der Waals surface area contributed by atoms with Crippen LogP contribution in [0, 0.1) is 5.41 Å². The van der Waals surface area contributed by atoms with E-state index in [-0.39, 0.29) is 6.04 Å². The predicted octanol–water partition coefficient (Wildman–Crippen LogP) is 1.99. The van der Waals surface area contributed by atoms with Gasteiger partial charge < -0.3 is 10.3 Å². The van der Waals surface area contributed by atoms with Crippen LogP contribution in [0.15, 0.2) is 4.52 Å². The first-order valence-corrected chi connectivity index (χ1v) is 5.13. The van der Waals surface area contributed by atoms with Crippen LogP contribution in [0.1, 0.15) is 57.3 Å². The zero-order valence-corrected chi connectivity index (χ0v) is 8.95. The fraction of sp³-hybridized carbons (Fsp3) is 0.800. The summed E-state index contributed by atoms with van der Waals surface area (Å²) in [5, 5.41) is 3.90. The molecule has 2 N–H and O–H groups in total. The van der Waals surface area contributed by atoms with Crippen LogP contribution in [0.3, 0.4) is 0 Å². The van der Waals surface area contributed by atoms with Crippen molar-refractivity contribution in [1.82, 2.24) is 10.1 Å². The smallest absolute Gasteiger partial charge is 0.230 e. The highest BCUT2D eigenvalue weighted by Crippen LogP contribution is 2.58. The molecule has 2 rings (SSSR count). The lowest BCUT2D eigenvalue weighted by atomic mass is 10.1. The Morgan fingerprint density at radius 1 is 1.64 bits per heavy atom. The van der Waals surface area contributed by atoms with Crippen molar-refractivity contribution in [1.29, 1.82) is 0 Å². The number of aromatic nitrogens is 2. The second-order valence-corrected chi connectivity index (χ2v) is 4.75. The van der Waals surface area contributed by atoms with E-state index < -0.39 is 0 Å². The third-order valence-corrected chi connectivity index (χ3v) is 3.04. The minimum Gasteiger partial charge on any atom is -0.339 e. The molecule has 0 saturated heterocycles. The molecule has 2 unspecified atom stereocenters. The summed E-state index contributed by atoms with van der Waals surface area (Å²) in [7, 11) is 0. The van der Waals surface area contributed by atoms with Crippen LogP contribution >= 0.6 is 0 Å². The van der Waals surface area contributed by atoms with Crippen LogP contribution in [0.2, 0.25) is 0 Å². The first-order valence-electron chi connectivity index (χ1n) is 5.13. The van der Waals surface area contributed by atoms with Crippen LogP contribution < -0.4 is 5.73 Å². The highest BCUT2D eigenvalue weighted by Gasteiger charge is 2.50. The number of rotatable bonds is 3. The molecule has 0 amide bonds. The molecule has 1 aromatic heterocycles. The number of hydrogen-bond acceptors (Lipinski definition) is 4.